The molecule has 0 saturated carbocycles. The maximum Gasteiger partial charge on any atom is 0.342 e. The van der Waals surface area contributed by atoms with Gasteiger partial charge in [0.15, 0.2) is 11.6 Å². The Labute approximate surface area is 468 Å². The average Bonchev–Trinajstić information content (AvgIpc) is 4.14. The van der Waals surface area contributed by atoms with Crippen LogP contribution in [0, 0.1) is 47.6 Å². The zero-order valence-corrected chi connectivity index (χ0v) is 47.2. The molecule has 0 spiro atoms. The van der Waals surface area contributed by atoms with Gasteiger partial charge in [-0.2, -0.15) is 5.10 Å². The van der Waals surface area contributed by atoms with Crippen molar-refractivity contribution in [2.24, 2.45) is 34.6 Å². The third-order valence-electron chi connectivity index (χ3n) is 14.5. The molecule has 440 valence electrons. The van der Waals surface area contributed by atoms with Gasteiger partial charge in [0.25, 0.3) is 17.6 Å². The Kier molecular flexibility index (Phi) is 22.0. The third-order valence-corrected chi connectivity index (χ3v) is 14.5. The van der Waals surface area contributed by atoms with E-state index in [1.54, 1.807) is 63.9 Å². The van der Waals surface area contributed by atoms with E-state index in [1.165, 1.54) is 82.6 Å². The number of aliphatic hydroxyl groups is 3. The number of piperazine rings is 1. The van der Waals surface area contributed by atoms with E-state index in [2.05, 4.69) is 25.3 Å². The minimum Gasteiger partial charge on any atom is -0.507 e. The first kappa shape index (κ1) is 63.8. The first-order chi connectivity index (χ1) is 38.2. The highest BCUT2D eigenvalue weighted by Gasteiger charge is 2.50. The van der Waals surface area contributed by atoms with Gasteiger partial charge < -0.3 is 69.9 Å². The van der Waals surface area contributed by atoms with Crippen LogP contribution in [0.5, 0.6) is 23.0 Å². The van der Waals surface area contributed by atoms with Crippen molar-refractivity contribution in [3.63, 3.8) is 0 Å². The number of rotatable bonds is 8. The van der Waals surface area contributed by atoms with Crippen molar-refractivity contribution in [1.29, 1.82) is 0 Å². The van der Waals surface area contributed by atoms with Gasteiger partial charge in [-0.25, -0.2) is 15.4 Å². The summed E-state index contributed by atoms with van der Waals surface area (Å²) in [5.41, 5.74) is 2.18. The number of aliphatic hydroxyl groups excluding tert-OH is 3. The molecular formula is C55H74N10O16. The van der Waals surface area contributed by atoms with Gasteiger partial charge in [0.2, 0.25) is 0 Å². The molecule has 2 amide bonds. The Hall–Kier alpha value is -8.01. The van der Waals surface area contributed by atoms with Crippen LogP contribution in [-0.4, -0.2) is 167 Å². The van der Waals surface area contributed by atoms with E-state index in [1.807, 2.05) is 12.5 Å². The average molecular weight is 1130 g/mol. The lowest BCUT2D eigenvalue weighted by Gasteiger charge is -2.38. The molecular weight excluding hydrogens is 1060 g/mol. The monoisotopic (exact) mass is 1130 g/mol. The smallest absolute Gasteiger partial charge is 0.342 e. The summed E-state index contributed by atoms with van der Waals surface area (Å²) in [5.74, 6) is -3.31. The summed E-state index contributed by atoms with van der Waals surface area (Å²) in [4.78, 5) is 70.7. The van der Waals surface area contributed by atoms with Crippen molar-refractivity contribution in [3.8, 4) is 23.0 Å². The van der Waals surface area contributed by atoms with Crippen LogP contribution in [0.4, 0.5) is 11.5 Å². The lowest BCUT2D eigenvalue weighted by atomic mass is 9.78. The number of methoxy groups -OCH3 is 1. The number of nitrogens with zero attached hydrogens (tertiary/aromatic N) is 7. The molecule has 0 aliphatic carbocycles. The molecule has 0 radical (unpaired) electrons. The van der Waals surface area contributed by atoms with Crippen molar-refractivity contribution < 1.29 is 73.7 Å². The number of nitrogen functional groups attached to an aromatic ring is 1. The van der Waals surface area contributed by atoms with Gasteiger partial charge in [0, 0.05) is 112 Å². The van der Waals surface area contributed by atoms with Crippen molar-refractivity contribution >= 4 is 52.1 Å². The van der Waals surface area contributed by atoms with E-state index in [0.29, 0.717) is 24.5 Å². The third kappa shape index (κ3) is 14.7. The number of hydrogen-bond acceptors (Lipinski definition) is 22. The van der Waals surface area contributed by atoms with Gasteiger partial charge >= 0.3 is 17.6 Å². The number of pyridine rings is 1. The second kappa shape index (κ2) is 27.9. The number of imidazole rings is 1. The molecule has 2 aromatic carbocycles. The van der Waals surface area contributed by atoms with E-state index in [4.69, 9.17) is 29.9 Å². The van der Waals surface area contributed by atoms with Gasteiger partial charge in [-0.15, -0.1) is 0 Å². The number of aromatic hydroxyl groups is 3. The van der Waals surface area contributed by atoms with Crippen LogP contribution >= 0.6 is 0 Å². The Balaban J connectivity index is 0.000000450. The Morgan fingerprint density at radius 2 is 1.64 bits per heavy atom. The van der Waals surface area contributed by atoms with Crippen LogP contribution < -0.4 is 21.3 Å². The number of aromatic nitrogens is 3. The minimum absolute atomic E-state index is 0.0559. The molecule has 5 bridgehead atoms. The lowest BCUT2D eigenvalue weighted by Crippen LogP contribution is -2.46. The summed E-state index contributed by atoms with van der Waals surface area (Å²) in [6.45, 7) is 16.8. The zero-order valence-electron chi connectivity index (χ0n) is 47.2. The second-order valence-corrected chi connectivity index (χ2v) is 20.1. The second-order valence-electron chi connectivity index (χ2n) is 20.1. The van der Waals surface area contributed by atoms with Gasteiger partial charge in [0.05, 0.1) is 59.6 Å². The fourth-order valence-electron chi connectivity index (χ4n) is 9.49. The van der Waals surface area contributed by atoms with Crippen LogP contribution in [0.25, 0.3) is 10.8 Å². The van der Waals surface area contributed by atoms with Crippen LogP contribution in [0.15, 0.2) is 72.0 Å². The number of ether oxygens (including phenoxy) is 4. The number of anilines is 1. The normalized spacial score (nSPS) is 26.0. The number of hydrazone groups is 1. The number of fused-ring (bicyclic) bond motifs is 14. The first-order valence-electron chi connectivity index (χ1n) is 26.0. The van der Waals surface area contributed by atoms with Crippen molar-refractivity contribution in [2.45, 2.75) is 99.1 Å². The molecule has 0 unspecified atom stereocenters. The number of phenols is 3. The largest absolute Gasteiger partial charge is 0.507 e. The number of nitrogens with one attached hydrogen (secondary N) is 2. The Morgan fingerprint density at radius 1 is 0.988 bits per heavy atom. The number of ketones is 1. The standard InChI is InChI=1S/C43H58N4O12.C6H9N3O3.C6H7N3O/c1-21-12-11-13-22(2)42(55)45-33-28(20-44-47-17-15-46(9)16-18-47)37(52)30-31(38(33)53)36(51)26(6)40-32(30)41(54)43(8,59-40)57-19-14-29(56-10)23(3)39(58-27(7)48)25(5)35(50)24(4)34(21)49;1-5-7-4-6(9(11)12)8(5)2-3-10;7-9-6(10)5-1-3-8-4-2-5/h11-14,19-21,23-25,29,34-35,39,49-53H,15-18H2,1-10H3,(H,45,55);4,10H,2-3H2,1H3;1-4H,7H2,(H,9,10)/b12-11+,19-14+,22-13-,44-20+;;/t21-,23-,24-,25+,29+,34-,35+,39-,43+;;/m1../s1. The number of benzene rings is 2. The quantitative estimate of drug-likeness (QED) is 0.0175. The number of likely N-dealkylation sites (N-methyl/N-ethyl adjacent to an activating group) is 1. The predicted octanol–water partition coefficient (Wildman–Crippen LogP) is 4.11. The molecule has 8 rings (SSSR count). The highest BCUT2D eigenvalue weighted by molar-refractivity contribution is 6.24. The lowest BCUT2D eigenvalue weighted by molar-refractivity contribution is -0.392. The van der Waals surface area contributed by atoms with E-state index in [9.17, 15) is 54.8 Å². The number of Topliss-reactive ketones (excluding diaryl/α,β-unsaturated/α-hetero) is 1. The SMILES string of the molecule is CO[C@H]1/C=C/O[C@@]2(C)Oc3c(C)c(O)c4c(O)c(c(/C=N/N5CCN(C)CC5)c(O)c4c3C2=O)NC(=O)/C(C)=C\C=C\[C@@H](C)[C@@H](O)[C@@H](C)[C@H](O)[C@H](C)[C@H](OC(C)=O)[C@@H]1C.Cc1ncc([N+](=O)[O-])n1CCO.NNC(=O)c1ccncc1. The number of hydrogen-bond donors (Lipinski definition) is 9. The molecule has 10 N–H and O–H groups in total. The van der Waals surface area contributed by atoms with Gasteiger partial charge in [-0.05, 0) is 44.0 Å². The molecule has 9 atom stereocenters. The van der Waals surface area contributed by atoms with Crippen LogP contribution in [0.3, 0.4) is 0 Å². The van der Waals surface area contributed by atoms with Crippen LogP contribution in [0.2, 0.25) is 0 Å². The van der Waals surface area contributed by atoms with Crippen LogP contribution in [0.1, 0.15) is 86.1 Å². The Bertz CT molecular complexity index is 3050. The summed E-state index contributed by atoms with van der Waals surface area (Å²) in [6, 6.07) is 3.17. The molecule has 6 heterocycles. The molecule has 1 fully saturated rings. The van der Waals surface area contributed by atoms with E-state index < -0.39 is 93.7 Å². The summed E-state index contributed by atoms with van der Waals surface area (Å²) in [5, 5.41) is 85.8. The zero-order chi connectivity index (χ0) is 60.2. The van der Waals surface area contributed by atoms with E-state index in [-0.39, 0.29) is 69.3 Å². The summed E-state index contributed by atoms with van der Waals surface area (Å²) in [6.07, 6.45) is 9.11. The number of carbonyl (C=O) groups is 4. The molecule has 1 saturated heterocycles. The van der Waals surface area contributed by atoms with Crippen LogP contribution in [-0.2, 0) is 30.3 Å². The highest BCUT2D eigenvalue weighted by atomic mass is 16.7. The molecule has 26 heteroatoms. The maximum atomic E-state index is 14.4. The number of amides is 2. The topological polar surface area (TPSA) is 369 Å². The maximum absolute atomic E-state index is 14.4. The molecule has 2 aromatic heterocycles. The summed E-state index contributed by atoms with van der Waals surface area (Å²) in [7, 11) is 3.42. The van der Waals surface area contributed by atoms with Gasteiger partial charge in [0.1, 0.15) is 36.1 Å². The molecule has 4 aliphatic heterocycles. The molecule has 81 heavy (non-hydrogen) atoms. The highest BCUT2D eigenvalue weighted by Crippen LogP contribution is 2.55. The van der Waals surface area contributed by atoms with Crippen molar-refractivity contribution in [1.82, 2.24) is 29.9 Å². The summed E-state index contributed by atoms with van der Waals surface area (Å²) >= 11 is 0. The first-order valence-corrected chi connectivity index (χ1v) is 26.0. The van der Waals surface area contributed by atoms with E-state index in [0.717, 1.165) is 13.1 Å². The molecule has 4 aromatic rings. The number of carbonyl (C=O) groups excluding carboxylic acids is 4. The van der Waals surface area contributed by atoms with Crippen molar-refractivity contribution in [3.05, 3.63) is 105 Å². The van der Waals surface area contributed by atoms with Gasteiger partial charge in [-0.3, -0.25) is 34.6 Å². The molecule has 4 aliphatic rings. The number of nitrogens with two attached hydrogens (primary N) is 1. The summed E-state index contributed by atoms with van der Waals surface area (Å²) < 4.78 is 25.0. The fraction of sp³-hybridized carbons (Fsp3) is 0.473. The van der Waals surface area contributed by atoms with Gasteiger partial charge in [-0.1, -0.05) is 45.9 Å². The number of nitro groups is 1. The fourth-order valence-corrected chi connectivity index (χ4v) is 9.49. The number of phenolic OH excluding ortho intramolecular Hbond substituents is 3. The molecule has 26 nitrogen and oxygen atoms in total. The number of aryl methyl sites for hydroxylation is 1. The predicted molar refractivity (Wildman–Crippen MR) is 297 cm³/mol. The number of esters is 1. The van der Waals surface area contributed by atoms with E-state index >= 15 is 0 Å². The number of hydrazine groups is 1. The Morgan fingerprint density at radius 3 is 2.23 bits per heavy atom. The van der Waals surface area contributed by atoms with Crippen molar-refractivity contribution in [2.75, 3.05) is 52.3 Å². The number of allylic oxidation sites excluding steroid dienone is 2. The minimum atomic E-state index is -2.04.